The number of thiophene rings is 2. The molecule has 2 rings (SSSR count). The van der Waals surface area contributed by atoms with Gasteiger partial charge >= 0.3 is 0 Å². The summed E-state index contributed by atoms with van der Waals surface area (Å²) in [5, 5.41) is 17.0. The van der Waals surface area contributed by atoms with Crippen LogP contribution in [0, 0.1) is 0 Å². The second-order valence-electron chi connectivity index (χ2n) is 3.92. The van der Waals surface area contributed by atoms with Crippen LogP contribution in [0.15, 0.2) is 35.0 Å². The lowest BCUT2D eigenvalue weighted by atomic mass is 10.1. The van der Waals surface area contributed by atoms with Gasteiger partial charge in [-0.15, -0.1) is 22.7 Å². The molecule has 2 heterocycles. The molecule has 0 aliphatic heterocycles. The molecule has 2 nitrogen and oxygen atoms in total. The van der Waals surface area contributed by atoms with Gasteiger partial charge in [0.2, 0.25) is 0 Å². The minimum absolute atomic E-state index is 0.157. The number of aliphatic hydroxyl groups is 1. The average Bonchev–Trinajstić information content (AvgIpc) is 3.03. The summed E-state index contributed by atoms with van der Waals surface area (Å²) in [4.78, 5) is 2.61. The summed E-state index contributed by atoms with van der Waals surface area (Å²) in [7, 11) is 0. The fourth-order valence-electron chi connectivity index (χ4n) is 1.75. The van der Waals surface area contributed by atoms with Crippen molar-refractivity contribution in [3.8, 4) is 0 Å². The zero-order chi connectivity index (χ0) is 12.1. The van der Waals surface area contributed by atoms with Crippen molar-refractivity contribution in [1.82, 2.24) is 5.32 Å². The Morgan fingerprint density at radius 1 is 1.18 bits per heavy atom. The lowest BCUT2D eigenvalue weighted by Crippen LogP contribution is -2.35. The van der Waals surface area contributed by atoms with E-state index in [-0.39, 0.29) is 18.7 Å². The molecule has 0 aliphatic carbocycles. The van der Waals surface area contributed by atoms with E-state index in [1.807, 2.05) is 0 Å². The van der Waals surface area contributed by atoms with Gasteiger partial charge in [-0.2, -0.15) is 0 Å². The van der Waals surface area contributed by atoms with Crippen molar-refractivity contribution < 1.29 is 5.11 Å². The van der Waals surface area contributed by atoms with Crippen molar-refractivity contribution in [2.75, 3.05) is 6.61 Å². The Labute approximate surface area is 110 Å². The van der Waals surface area contributed by atoms with Crippen LogP contribution in [0.5, 0.6) is 0 Å². The maximum atomic E-state index is 9.31. The topological polar surface area (TPSA) is 32.3 Å². The van der Waals surface area contributed by atoms with Crippen molar-refractivity contribution in [3.05, 3.63) is 44.8 Å². The van der Waals surface area contributed by atoms with Crippen LogP contribution in [0.25, 0.3) is 0 Å². The van der Waals surface area contributed by atoms with Crippen LogP contribution in [0.2, 0.25) is 0 Å². The van der Waals surface area contributed by atoms with Crippen molar-refractivity contribution in [2.45, 2.75) is 25.4 Å². The molecule has 0 spiro atoms. The second kappa shape index (κ2) is 6.31. The van der Waals surface area contributed by atoms with Gasteiger partial charge in [-0.25, -0.2) is 0 Å². The van der Waals surface area contributed by atoms with Crippen LogP contribution in [0.1, 0.15) is 29.1 Å². The lowest BCUT2D eigenvalue weighted by Gasteiger charge is -2.22. The summed E-state index contributed by atoms with van der Waals surface area (Å²) in [5.41, 5.74) is 0. The van der Waals surface area contributed by atoms with Gasteiger partial charge in [0.15, 0.2) is 0 Å². The molecule has 4 heteroatoms. The van der Waals surface area contributed by atoms with Crippen LogP contribution in [0.4, 0.5) is 0 Å². The van der Waals surface area contributed by atoms with E-state index in [1.54, 1.807) is 22.7 Å². The number of rotatable bonds is 6. The van der Waals surface area contributed by atoms with Crippen molar-refractivity contribution >= 4 is 22.7 Å². The van der Waals surface area contributed by atoms with E-state index in [0.717, 1.165) is 6.42 Å². The molecule has 0 fully saturated rings. The highest BCUT2D eigenvalue weighted by atomic mass is 32.1. The molecule has 0 aliphatic rings. The quantitative estimate of drug-likeness (QED) is 0.842. The van der Waals surface area contributed by atoms with E-state index >= 15 is 0 Å². The number of hydrogen-bond acceptors (Lipinski definition) is 4. The summed E-state index contributed by atoms with van der Waals surface area (Å²) in [6.07, 6.45) is 0.934. The lowest BCUT2D eigenvalue weighted by molar-refractivity contribution is 0.233. The fraction of sp³-hybridized carbons (Fsp3) is 0.385. The SMILES string of the molecule is CCC(CO)NC(c1cccs1)c1cccs1. The maximum Gasteiger partial charge on any atom is 0.0767 e. The first-order valence-electron chi connectivity index (χ1n) is 5.78. The Morgan fingerprint density at radius 3 is 2.12 bits per heavy atom. The fourth-order valence-corrected chi connectivity index (χ4v) is 3.43. The third-order valence-electron chi connectivity index (χ3n) is 2.77. The highest BCUT2D eigenvalue weighted by Crippen LogP contribution is 2.29. The first kappa shape index (κ1) is 12.8. The van der Waals surface area contributed by atoms with Gasteiger partial charge in [0.25, 0.3) is 0 Å². The molecule has 2 aromatic heterocycles. The minimum atomic E-state index is 0.157. The van der Waals surface area contributed by atoms with Gasteiger partial charge in [-0.1, -0.05) is 19.1 Å². The third-order valence-corrected chi connectivity index (χ3v) is 4.65. The van der Waals surface area contributed by atoms with Crippen molar-refractivity contribution in [1.29, 1.82) is 0 Å². The zero-order valence-corrected chi connectivity index (χ0v) is 11.4. The summed E-state index contributed by atoms with van der Waals surface area (Å²) in [5.74, 6) is 0. The maximum absolute atomic E-state index is 9.31. The molecule has 0 saturated heterocycles. The normalized spacial score (nSPS) is 13.1. The molecule has 0 saturated carbocycles. The Bertz CT molecular complexity index is 372. The summed E-state index contributed by atoms with van der Waals surface area (Å²) >= 11 is 3.51. The predicted octanol–water partition coefficient (Wildman–Crippen LogP) is 3.26. The Hall–Kier alpha value is -0.680. The van der Waals surface area contributed by atoms with Gasteiger partial charge in [-0.3, -0.25) is 5.32 Å². The molecule has 0 aromatic carbocycles. The van der Waals surface area contributed by atoms with Crippen molar-refractivity contribution in [2.24, 2.45) is 0 Å². The van der Waals surface area contributed by atoms with Gasteiger partial charge in [0.1, 0.15) is 0 Å². The highest BCUT2D eigenvalue weighted by Gasteiger charge is 2.19. The molecular formula is C13H17NOS2. The molecule has 1 atom stereocenters. The van der Waals surface area contributed by atoms with Gasteiger partial charge in [0.05, 0.1) is 12.6 Å². The third kappa shape index (κ3) is 3.16. The summed E-state index contributed by atoms with van der Waals surface area (Å²) in [6, 6.07) is 8.80. The number of nitrogens with one attached hydrogen (secondary N) is 1. The molecule has 2 aromatic rings. The molecule has 1 unspecified atom stereocenters. The molecule has 17 heavy (non-hydrogen) atoms. The van der Waals surface area contributed by atoms with Crippen LogP contribution in [0.3, 0.4) is 0 Å². The smallest absolute Gasteiger partial charge is 0.0767 e. The van der Waals surface area contributed by atoms with Crippen LogP contribution < -0.4 is 5.32 Å². The van der Waals surface area contributed by atoms with Gasteiger partial charge in [0, 0.05) is 15.8 Å². The molecule has 0 radical (unpaired) electrons. The van der Waals surface area contributed by atoms with Crippen LogP contribution >= 0.6 is 22.7 Å². The van der Waals surface area contributed by atoms with Gasteiger partial charge in [-0.05, 0) is 29.3 Å². The molecule has 92 valence electrons. The predicted molar refractivity (Wildman–Crippen MR) is 74.8 cm³/mol. The number of hydrogen-bond donors (Lipinski definition) is 2. The van der Waals surface area contributed by atoms with Crippen molar-refractivity contribution in [3.63, 3.8) is 0 Å². The van der Waals surface area contributed by atoms with Gasteiger partial charge < -0.3 is 5.11 Å². The molecule has 2 N–H and O–H groups in total. The zero-order valence-electron chi connectivity index (χ0n) is 9.80. The Morgan fingerprint density at radius 2 is 1.76 bits per heavy atom. The minimum Gasteiger partial charge on any atom is -0.395 e. The standard InChI is InChI=1S/C13H17NOS2/c1-2-10(9-15)14-13(11-5-3-7-16-11)12-6-4-8-17-12/h3-8,10,13-15H,2,9H2,1H3. The Kier molecular flexibility index (Phi) is 4.74. The van der Waals surface area contributed by atoms with Crippen LogP contribution in [-0.4, -0.2) is 17.8 Å². The Balaban J connectivity index is 2.19. The van der Waals surface area contributed by atoms with Crippen LogP contribution in [-0.2, 0) is 0 Å². The summed E-state index contributed by atoms with van der Waals surface area (Å²) < 4.78 is 0. The number of aliphatic hydroxyl groups excluding tert-OH is 1. The largest absolute Gasteiger partial charge is 0.395 e. The summed E-state index contributed by atoms with van der Waals surface area (Å²) in [6.45, 7) is 2.28. The van der Waals surface area contributed by atoms with E-state index in [0.29, 0.717) is 0 Å². The van der Waals surface area contributed by atoms with E-state index < -0.39 is 0 Å². The van der Waals surface area contributed by atoms with E-state index in [9.17, 15) is 5.11 Å². The second-order valence-corrected chi connectivity index (χ2v) is 5.88. The first-order valence-corrected chi connectivity index (χ1v) is 7.54. The van der Waals surface area contributed by atoms with E-state index in [4.69, 9.17) is 0 Å². The first-order chi connectivity index (χ1) is 8.35. The van der Waals surface area contributed by atoms with E-state index in [2.05, 4.69) is 47.3 Å². The highest BCUT2D eigenvalue weighted by molar-refractivity contribution is 7.11. The molecule has 0 bridgehead atoms. The molecular weight excluding hydrogens is 250 g/mol. The average molecular weight is 267 g/mol. The monoisotopic (exact) mass is 267 g/mol. The molecule has 0 amide bonds. The van der Waals surface area contributed by atoms with E-state index in [1.165, 1.54) is 9.75 Å².